The molecule has 0 aliphatic carbocycles. The molecule has 6 heteroatoms. The number of H-pyrrole nitrogens is 1. The molecule has 0 saturated heterocycles. The van der Waals surface area contributed by atoms with Crippen LogP contribution in [0.5, 0.6) is 5.75 Å². The van der Waals surface area contributed by atoms with Gasteiger partial charge in [0.25, 0.3) is 0 Å². The maximum absolute atomic E-state index is 11.1. The van der Waals surface area contributed by atoms with Gasteiger partial charge in [-0.05, 0) is 24.4 Å². The van der Waals surface area contributed by atoms with E-state index in [-0.39, 0.29) is 0 Å². The Bertz CT molecular complexity index is 615. The van der Waals surface area contributed by atoms with E-state index in [0.717, 1.165) is 16.8 Å². The molecule has 1 atom stereocenters. The van der Waals surface area contributed by atoms with E-state index in [4.69, 9.17) is 17.0 Å². The van der Waals surface area contributed by atoms with Gasteiger partial charge in [-0.25, -0.2) is 0 Å². The molecule has 2 aromatic rings. The summed E-state index contributed by atoms with van der Waals surface area (Å²) in [4.78, 5) is 3.12. The Morgan fingerprint density at radius 1 is 1.53 bits per heavy atom. The normalized spacial score (nSPS) is 12.8. The van der Waals surface area contributed by atoms with Gasteiger partial charge in [-0.15, -0.1) is 0 Å². The molecule has 1 aromatic heterocycles. The average molecular weight is 270 g/mol. The quantitative estimate of drug-likeness (QED) is 0.865. The van der Waals surface area contributed by atoms with Crippen molar-refractivity contribution in [2.45, 2.75) is 6.54 Å². The third-order valence-corrected chi connectivity index (χ3v) is 3.66. The summed E-state index contributed by atoms with van der Waals surface area (Å²) >= 11 is 5.25. The molecule has 0 fully saturated rings. The van der Waals surface area contributed by atoms with Gasteiger partial charge in [0, 0.05) is 35.4 Å². The minimum atomic E-state index is -0.813. The van der Waals surface area contributed by atoms with Crippen molar-refractivity contribution in [1.29, 1.82) is 0 Å². The lowest BCUT2D eigenvalue weighted by atomic mass is 10.3. The van der Waals surface area contributed by atoms with Crippen molar-refractivity contribution in [1.82, 2.24) is 9.55 Å². The van der Waals surface area contributed by atoms with Crippen LogP contribution in [0.3, 0.4) is 0 Å². The molecule has 17 heavy (non-hydrogen) atoms. The number of nitrogens with one attached hydrogen (secondary N) is 1. The van der Waals surface area contributed by atoms with E-state index in [1.54, 1.807) is 13.4 Å². The van der Waals surface area contributed by atoms with Crippen molar-refractivity contribution in [2.75, 3.05) is 19.1 Å². The molecule has 0 amide bonds. The van der Waals surface area contributed by atoms with Gasteiger partial charge in [0.05, 0.1) is 18.1 Å². The summed E-state index contributed by atoms with van der Waals surface area (Å²) in [6.07, 6.45) is 1.70. The highest BCUT2D eigenvalue weighted by atomic mass is 32.2. The maximum Gasteiger partial charge on any atom is 0.178 e. The Kier molecular flexibility index (Phi) is 3.63. The van der Waals surface area contributed by atoms with E-state index in [1.165, 1.54) is 0 Å². The average Bonchev–Trinajstić information content (AvgIpc) is 2.60. The lowest BCUT2D eigenvalue weighted by molar-refractivity contribution is 0.415. The number of aromatic nitrogens is 2. The standard InChI is InChI=1S/C11H14N2O2S2/c1-15-8-3-4-10-9(7-8)12-11(16)13(10)5-6-17(2)14/h3-4,7H,5-6H2,1-2H3,(H,12,16). The van der Waals surface area contributed by atoms with Crippen molar-refractivity contribution in [3.8, 4) is 5.75 Å². The number of imidazole rings is 1. The summed E-state index contributed by atoms with van der Waals surface area (Å²) in [5, 5.41) is 0. The van der Waals surface area contributed by atoms with Crippen LogP contribution in [0.15, 0.2) is 18.2 Å². The molecule has 1 N–H and O–H groups in total. The first-order valence-electron chi connectivity index (χ1n) is 5.18. The van der Waals surface area contributed by atoms with Gasteiger partial charge in [-0.2, -0.15) is 0 Å². The molecule has 0 saturated carbocycles. The van der Waals surface area contributed by atoms with E-state index in [0.29, 0.717) is 17.1 Å². The first-order valence-corrected chi connectivity index (χ1v) is 7.32. The zero-order chi connectivity index (χ0) is 12.4. The number of rotatable bonds is 4. The number of methoxy groups -OCH3 is 1. The van der Waals surface area contributed by atoms with Crippen molar-refractivity contribution >= 4 is 34.1 Å². The van der Waals surface area contributed by atoms with Crippen LogP contribution in [0.4, 0.5) is 0 Å². The molecule has 2 rings (SSSR count). The van der Waals surface area contributed by atoms with Gasteiger partial charge in [0.15, 0.2) is 4.77 Å². The van der Waals surface area contributed by atoms with Gasteiger partial charge in [-0.3, -0.25) is 4.21 Å². The summed E-state index contributed by atoms with van der Waals surface area (Å²) in [6, 6.07) is 5.76. The molecule has 1 unspecified atom stereocenters. The highest BCUT2D eigenvalue weighted by Gasteiger charge is 2.05. The lowest BCUT2D eigenvalue weighted by Crippen LogP contribution is -2.06. The van der Waals surface area contributed by atoms with Crippen LogP contribution in [0.1, 0.15) is 0 Å². The van der Waals surface area contributed by atoms with Gasteiger partial charge in [0.2, 0.25) is 0 Å². The fourth-order valence-corrected chi connectivity index (χ4v) is 2.45. The Morgan fingerprint density at radius 2 is 2.29 bits per heavy atom. The van der Waals surface area contributed by atoms with Gasteiger partial charge < -0.3 is 14.3 Å². The molecule has 4 nitrogen and oxygen atoms in total. The number of hydrogen-bond donors (Lipinski definition) is 1. The molecule has 92 valence electrons. The number of aryl methyl sites for hydroxylation is 1. The molecule has 0 aliphatic rings. The van der Waals surface area contributed by atoms with Crippen LogP contribution in [-0.2, 0) is 17.3 Å². The summed E-state index contributed by atoms with van der Waals surface area (Å²) in [5.74, 6) is 1.40. The fourth-order valence-electron chi connectivity index (χ4n) is 1.71. The second-order valence-corrected chi connectivity index (χ2v) is 5.68. The van der Waals surface area contributed by atoms with Crippen LogP contribution in [0, 0.1) is 4.77 Å². The van der Waals surface area contributed by atoms with Crippen LogP contribution < -0.4 is 4.74 Å². The minimum Gasteiger partial charge on any atom is -0.497 e. The zero-order valence-electron chi connectivity index (χ0n) is 9.73. The van der Waals surface area contributed by atoms with Gasteiger partial charge in [0.1, 0.15) is 5.75 Å². The largest absolute Gasteiger partial charge is 0.497 e. The third-order valence-electron chi connectivity index (χ3n) is 2.58. The van der Waals surface area contributed by atoms with Crippen LogP contribution in [0.25, 0.3) is 11.0 Å². The Labute approximate surface area is 107 Å². The predicted molar refractivity (Wildman–Crippen MR) is 72.6 cm³/mol. The van der Waals surface area contributed by atoms with Crippen molar-refractivity contribution in [3.05, 3.63) is 23.0 Å². The van der Waals surface area contributed by atoms with Crippen molar-refractivity contribution in [2.24, 2.45) is 0 Å². The molecule has 1 aromatic carbocycles. The molecule has 0 aliphatic heterocycles. The first-order chi connectivity index (χ1) is 8.11. The summed E-state index contributed by atoms with van der Waals surface area (Å²) in [6.45, 7) is 0.661. The lowest BCUT2D eigenvalue weighted by Gasteiger charge is -2.03. The number of hydrogen-bond acceptors (Lipinski definition) is 3. The molecular formula is C11H14N2O2S2. The van der Waals surface area contributed by atoms with E-state index < -0.39 is 10.8 Å². The molecule has 0 bridgehead atoms. The smallest absolute Gasteiger partial charge is 0.178 e. The zero-order valence-corrected chi connectivity index (χ0v) is 11.4. The summed E-state index contributed by atoms with van der Waals surface area (Å²) in [7, 11) is 0.819. The minimum absolute atomic E-state index is 0.604. The second-order valence-electron chi connectivity index (χ2n) is 3.74. The Morgan fingerprint density at radius 3 is 2.94 bits per heavy atom. The van der Waals surface area contributed by atoms with Gasteiger partial charge in [-0.1, -0.05) is 0 Å². The number of ether oxygens (including phenoxy) is 1. The van der Waals surface area contributed by atoms with Crippen molar-refractivity contribution in [3.63, 3.8) is 0 Å². The Hall–Kier alpha value is -1.14. The number of fused-ring (bicyclic) bond motifs is 1. The molecule has 1 heterocycles. The number of nitrogens with zero attached hydrogens (tertiary/aromatic N) is 1. The highest BCUT2D eigenvalue weighted by molar-refractivity contribution is 7.84. The highest BCUT2D eigenvalue weighted by Crippen LogP contribution is 2.20. The maximum atomic E-state index is 11.1. The fraction of sp³-hybridized carbons (Fsp3) is 0.364. The van der Waals surface area contributed by atoms with Gasteiger partial charge >= 0.3 is 0 Å². The van der Waals surface area contributed by atoms with E-state index in [9.17, 15) is 4.21 Å². The topological polar surface area (TPSA) is 47.0 Å². The van der Waals surface area contributed by atoms with Crippen molar-refractivity contribution < 1.29 is 8.95 Å². The third kappa shape index (κ3) is 2.58. The SMILES string of the molecule is COc1ccc2c(c1)[nH]c(=S)n2CCS(C)=O. The van der Waals surface area contributed by atoms with E-state index >= 15 is 0 Å². The summed E-state index contributed by atoms with van der Waals surface area (Å²) in [5.41, 5.74) is 1.96. The van der Waals surface area contributed by atoms with Crippen LogP contribution in [0.2, 0.25) is 0 Å². The molecule has 0 radical (unpaired) electrons. The van der Waals surface area contributed by atoms with Crippen LogP contribution >= 0.6 is 12.2 Å². The second kappa shape index (κ2) is 5.01. The van der Waals surface area contributed by atoms with E-state index in [2.05, 4.69) is 4.98 Å². The number of benzene rings is 1. The van der Waals surface area contributed by atoms with Crippen LogP contribution in [-0.4, -0.2) is 32.9 Å². The molecule has 0 spiro atoms. The first kappa shape index (κ1) is 12.3. The Balaban J connectivity index is 2.45. The summed E-state index contributed by atoms with van der Waals surface area (Å²) < 4.78 is 18.9. The predicted octanol–water partition coefficient (Wildman–Crippen LogP) is 2.09. The monoisotopic (exact) mass is 270 g/mol. The molecular weight excluding hydrogens is 256 g/mol. The number of aromatic amines is 1. The van der Waals surface area contributed by atoms with E-state index in [1.807, 2.05) is 22.8 Å².